The van der Waals surface area contributed by atoms with E-state index in [1.807, 2.05) is 49.4 Å². The molecule has 0 saturated carbocycles. The molecule has 15 heteroatoms. The van der Waals surface area contributed by atoms with Crippen LogP contribution in [0.2, 0.25) is 0 Å². The van der Waals surface area contributed by atoms with Gasteiger partial charge in [-0.3, -0.25) is 14.1 Å². The van der Waals surface area contributed by atoms with Crippen LogP contribution in [0.4, 0.5) is 26.3 Å². The number of hydrogen-bond acceptors (Lipinski definition) is 7. The molecule has 0 fully saturated rings. The molecule has 8 nitrogen and oxygen atoms in total. The number of hydrogen-bond donors (Lipinski definition) is 2. The molecule has 2 rings (SSSR count). The van der Waals surface area contributed by atoms with Crippen molar-refractivity contribution in [3.63, 3.8) is 0 Å². The van der Waals surface area contributed by atoms with Gasteiger partial charge in [0.05, 0.1) is 10.8 Å². The molecule has 0 radical (unpaired) electrons. The summed E-state index contributed by atoms with van der Waals surface area (Å²) in [6.45, 7) is 5.91. The number of carbonyl (C=O) groups is 2. The molecule has 0 heterocycles. The standard InChI is InChI=1S/C30H38F6O8S/c1-6-20(23-12-11-21-9-7-8-10-22(21)15-23)17-27(5,25(38)43-13-14-45(40,41)42)18-26(3,4)24(37)44-19(2)16-28(39,29(31,32)33)30(34,35)36/h7-12,15,19-20,39H,6,13-14,16-18H2,1-5H3,(H,40,41,42). The zero-order valence-electron chi connectivity index (χ0n) is 25.5. The van der Waals surface area contributed by atoms with Crippen LogP contribution in [0.3, 0.4) is 0 Å². The van der Waals surface area contributed by atoms with Crippen LogP contribution in [-0.4, -0.2) is 66.4 Å². The number of alkyl halides is 6. The monoisotopic (exact) mass is 672 g/mol. The number of esters is 2. The zero-order chi connectivity index (χ0) is 34.6. The van der Waals surface area contributed by atoms with Crippen molar-refractivity contribution < 1.29 is 63.5 Å². The van der Waals surface area contributed by atoms with Crippen LogP contribution in [0.25, 0.3) is 10.8 Å². The van der Waals surface area contributed by atoms with Crippen molar-refractivity contribution in [2.45, 2.75) is 90.3 Å². The average molecular weight is 673 g/mol. The van der Waals surface area contributed by atoms with E-state index in [-0.39, 0.29) is 18.8 Å². The number of aliphatic hydroxyl groups is 1. The number of fused-ring (bicyclic) bond motifs is 1. The molecule has 0 aromatic heterocycles. The minimum atomic E-state index is -6.11. The predicted octanol–water partition coefficient (Wildman–Crippen LogP) is 6.75. The molecular formula is C30H38F6O8S. The normalized spacial score (nSPS) is 16.1. The van der Waals surface area contributed by atoms with E-state index >= 15 is 0 Å². The third-order valence-corrected chi connectivity index (χ3v) is 8.40. The molecule has 2 aromatic carbocycles. The van der Waals surface area contributed by atoms with E-state index in [4.69, 9.17) is 14.0 Å². The summed E-state index contributed by atoms with van der Waals surface area (Å²) in [5.41, 5.74) is -7.55. The largest absolute Gasteiger partial charge is 0.464 e. The van der Waals surface area contributed by atoms with Gasteiger partial charge in [0.15, 0.2) is 0 Å². The van der Waals surface area contributed by atoms with Crippen LogP contribution in [0.1, 0.15) is 71.8 Å². The van der Waals surface area contributed by atoms with Gasteiger partial charge in [-0.2, -0.15) is 34.8 Å². The lowest BCUT2D eigenvalue weighted by atomic mass is 9.68. The van der Waals surface area contributed by atoms with Crippen LogP contribution < -0.4 is 0 Å². The average Bonchev–Trinajstić information content (AvgIpc) is 2.89. The Kier molecular flexibility index (Phi) is 11.8. The highest BCUT2D eigenvalue weighted by molar-refractivity contribution is 7.85. The third kappa shape index (κ3) is 9.79. The number of halogens is 6. The van der Waals surface area contributed by atoms with E-state index in [0.29, 0.717) is 6.42 Å². The van der Waals surface area contributed by atoms with Crippen LogP contribution in [0, 0.1) is 10.8 Å². The molecule has 0 amide bonds. The quantitative estimate of drug-likeness (QED) is 0.128. The summed E-state index contributed by atoms with van der Waals surface area (Å²) in [5.74, 6) is -3.39. The second kappa shape index (κ2) is 13.8. The summed E-state index contributed by atoms with van der Waals surface area (Å²) in [7, 11) is -4.49. The van der Waals surface area contributed by atoms with E-state index in [1.54, 1.807) is 0 Å². The van der Waals surface area contributed by atoms with Crippen LogP contribution in [0.15, 0.2) is 42.5 Å². The first kappa shape index (κ1) is 38.3. The Morgan fingerprint density at radius 2 is 1.44 bits per heavy atom. The van der Waals surface area contributed by atoms with Crippen molar-refractivity contribution >= 4 is 32.8 Å². The first-order valence-electron chi connectivity index (χ1n) is 14.0. The van der Waals surface area contributed by atoms with Crippen LogP contribution in [0.5, 0.6) is 0 Å². The fourth-order valence-electron chi connectivity index (χ4n) is 5.38. The van der Waals surface area contributed by atoms with Gasteiger partial charge in [0.2, 0.25) is 0 Å². The van der Waals surface area contributed by atoms with E-state index in [2.05, 4.69) is 0 Å². The van der Waals surface area contributed by atoms with Crippen molar-refractivity contribution in [3.8, 4) is 0 Å². The summed E-state index contributed by atoms with van der Waals surface area (Å²) >= 11 is 0. The Morgan fingerprint density at radius 3 is 1.96 bits per heavy atom. The second-order valence-corrected chi connectivity index (χ2v) is 13.8. The highest BCUT2D eigenvalue weighted by Gasteiger charge is 2.70. The molecule has 0 spiro atoms. The lowest BCUT2D eigenvalue weighted by Crippen LogP contribution is -2.58. The molecule has 3 unspecified atom stereocenters. The lowest BCUT2D eigenvalue weighted by molar-refractivity contribution is -0.373. The first-order valence-corrected chi connectivity index (χ1v) is 15.6. The van der Waals surface area contributed by atoms with E-state index in [9.17, 15) is 49.5 Å². The number of ether oxygens (including phenoxy) is 2. The summed E-state index contributed by atoms with van der Waals surface area (Å²) in [6, 6.07) is 13.2. The van der Waals surface area contributed by atoms with Gasteiger partial charge >= 0.3 is 24.3 Å². The topological polar surface area (TPSA) is 127 Å². The predicted molar refractivity (Wildman–Crippen MR) is 153 cm³/mol. The Bertz CT molecular complexity index is 1440. The van der Waals surface area contributed by atoms with Gasteiger partial charge in [-0.1, -0.05) is 49.4 Å². The van der Waals surface area contributed by atoms with Gasteiger partial charge in [-0.05, 0) is 69.2 Å². The lowest BCUT2D eigenvalue weighted by Gasteiger charge is -2.38. The van der Waals surface area contributed by atoms with Gasteiger partial charge in [0, 0.05) is 6.42 Å². The summed E-state index contributed by atoms with van der Waals surface area (Å²) in [6.07, 6.45) is -16.1. The summed E-state index contributed by atoms with van der Waals surface area (Å²) < 4.78 is 121. The van der Waals surface area contributed by atoms with Gasteiger partial charge in [0.25, 0.3) is 15.7 Å². The van der Waals surface area contributed by atoms with E-state index in [1.165, 1.54) is 20.8 Å². The Hall–Kier alpha value is -2.91. The molecular weight excluding hydrogens is 634 g/mol. The fourth-order valence-corrected chi connectivity index (χ4v) is 5.68. The van der Waals surface area contributed by atoms with Crippen molar-refractivity contribution in [3.05, 3.63) is 48.0 Å². The van der Waals surface area contributed by atoms with Gasteiger partial charge in [-0.15, -0.1) is 0 Å². The van der Waals surface area contributed by atoms with Crippen molar-refractivity contribution in [1.82, 2.24) is 0 Å². The number of carbonyl (C=O) groups excluding carboxylic acids is 2. The zero-order valence-corrected chi connectivity index (χ0v) is 26.3. The molecule has 254 valence electrons. The molecule has 0 aliphatic heterocycles. The molecule has 0 bridgehead atoms. The maximum Gasteiger partial charge on any atom is 0.426 e. The SMILES string of the molecule is CCC(CC(C)(CC(C)(C)C(=O)OC(C)CC(O)(C(F)(F)F)C(F)(F)F)C(=O)OCCS(=O)(=O)O)c1ccc2ccccc2c1. The molecule has 3 atom stereocenters. The number of rotatable bonds is 14. The molecule has 45 heavy (non-hydrogen) atoms. The highest BCUT2D eigenvalue weighted by atomic mass is 32.2. The maximum absolute atomic E-state index is 13.4. The van der Waals surface area contributed by atoms with Crippen molar-refractivity contribution in [2.75, 3.05) is 12.4 Å². The number of benzene rings is 2. The molecule has 2 aromatic rings. The highest BCUT2D eigenvalue weighted by Crippen LogP contribution is 2.47. The Balaban J connectivity index is 2.38. The summed E-state index contributed by atoms with van der Waals surface area (Å²) in [4.78, 5) is 26.6. The van der Waals surface area contributed by atoms with Crippen LogP contribution in [-0.2, 0) is 29.2 Å². The van der Waals surface area contributed by atoms with Gasteiger partial charge in [0.1, 0.15) is 18.5 Å². The van der Waals surface area contributed by atoms with E-state index in [0.717, 1.165) is 23.3 Å². The van der Waals surface area contributed by atoms with Gasteiger partial charge < -0.3 is 14.6 Å². The maximum atomic E-state index is 13.4. The molecule has 2 N–H and O–H groups in total. The second-order valence-electron chi connectivity index (χ2n) is 12.2. The third-order valence-electron chi connectivity index (χ3n) is 7.72. The summed E-state index contributed by atoms with van der Waals surface area (Å²) in [5, 5.41) is 11.4. The molecule has 0 aliphatic carbocycles. The minimum absolute atomic E-state index is 0.0424. The Labute approximate surface area is 257 Å². The molecule has 0 aliphatic rings. The van der Waals surface area contributed by atoms with Gasteiger partial charge in [-0.25, -0.2) is 0 Å². The Morgan fingerprint density at radius 1 is 0.889 bits per heavy atom. The molecule has 0 saturated heterocycles. The van der Waals surface area contributed by atoms with Crippen LogP contribution >= 0.6 is 0 Å². The fraction of sp³-hybridized carbons (Fsp3) is 0.600. The van der Waals surface area contributed by atoms with Crippen molar-refractivity contribution in [1.29, 1.82) is 0 Å². The first-order chi connectivity index (χ1) is 20.3. The van der Waals surface area contributed by atoms with Crippen molar-refractivity contribution in [2.24, 2.45) is 10.8 Å². The minimum Gasteiger partial charge on any atom is -0.464 e. The van der Waals surface area contributed by atoms with E-state index < -0.39 is 75.7 Å². The smallest absolute Gasteiger partial charge is 0.426 e.